The Balaban J connectivity index is 2.45. The first-order chi connectivity index (χ1) is 14.1. The van der Waals surface area contributed by atoms with E-state index >= 15 is 0 Å². The predicted molar refractivity (Wildman–Crippen MR) is 123 cm³/mol. The third-order valence-corrected chi connectivity index (χ3v) is 5.28. The van der Waals surface area contributed by atoms with Gasteiger partial charge in [0.2, 0.25) is 0 Å². The Hall–Kier alpha value is -2.03. The van der Waals surface area contributed by atoms with Crippen LogP contribution in [0.15, 0.2) is 43.0 Å². The molecule has 0 aromatic heterocycles. The van der Waals surface area contributed by atoms with Crippen molar-refractivity contribution in [1.82, 2.24) is 0 Å². The van der Waals surface area contributed by atoms with Crippen LogP contribution in [0.3, 0.4) is 0 Å². The maximum atomic E-state index is 11.2. The van der Waals surface area contributed by atoms with Gasteiger partial charge in [0.05, 0.1) is 11.7 Å². The molecule has 0 saturated carbocycles. The number of carboxylic acids is 1. The van der Waals surface area contributed by atoms with Crippen molar-refractivity contribution in [1.29, 1.82) is 0 Å². The Morgan fingerprint density at radius 1 is 1.07 bits per heavy atom. The van der Waals surface area contributed by atoms with E-state index in [-0.39, 0.29) is 6.10 Å². The Morgan fingerprint density at radius 2 is 1.72 bits per heavy atom. The van der Waals surface area contributed by atoms with E-state index in [1.54, 1.807) is 12.1 Å². The quantitative estimate of drug-likeness (QED) is 0.214. The molecule has 0 heterocycles. The number of aromatic carboxylic acids is 1. The summed E-state index contributed by atoms with van der Waals surface area (Å²) in [6, 6.07) is 5.31. The van der Waals surface area contributed by atoms with Crippen molar-refractivity contribution in [3.8, 4) is 5.75 Å². The van der Waals surface area contributed by atoms with Crippen LogP contribution in [0.25, 0.3) is 0 Å². The van der Waals surface area contributed by atoms with E-state index in [1.165, 1.54) is 57.8 Å². The van der Waals surface area contributed by atoms with Gasteiger partial charge in [0.25, 0.3) is 0 Å². The molecule has 1 aromatic carbocycles. The fraction of sp³-hybridized carbons (Fsp3) is 0.577. The lowest BCUT2D eigenvalue weighted by atomic mass is 10.0. The molecule has 162 valence electrons. The second-order valence-electron chi connectivity index (χ2n) is 7.88. The summed E-state index contributed by atoms with van der Waals surface area (Å²) in [5, 5.41) is 9.20. The minimum Gasteiger partial charge on any atom is -0.490 e. The van der Waals surface area contributed by atoms with Gasteiger partial charge in [0, 0.05) is 0 Å². The third-order valence-electron chi connectivity index (χ3n) is 5.28. The number of carboxylic acid groups (broad SMARTS) is 1. The Labute approximate surface area is 177 Å². The van der Waals surface area contributed by atoms with Crippen molar-refractivity contribution in [3.05, 3.63) is 54.1 Å². The molecule has 0 aliphatic heterocycles. The van der Waals surface area contributed by atoms with E-state index in [9.17, 15) is 9.90 Å². The summed E-state index contributed by atoms with van der Waals surface area (Å²) in [7, 11) is 0. The Morgan fingerprint density at radius 3 is 2.34 bits per heavy atom. The SMILES string of the molecule is C=C/C=C/CCCCCCCC(CCCCCC)Oc1ccc(C(=O)O)c(C)c1. The number of unbranched alkanes of at least 4 members (excludes halogenated alkanes) is 8. The van der Waals surface area contributed by atoms with Gasteiger partial charge in [-0.1, -0.05) is 70.3 Å². The van der Waals surface area contributed by atoms with Crippen molar-refractivity contribution in [2.45, 2.75) is 97.0 Å². The van der Waals surface area contributed by atoms with Gasteiger partial charge in [-0.2, -0.15) is 0 Å². The van der Waals surface area contributed by atoms with E-state index in [0.29, 0.717) is 5.56 Å². The Kier molecular flexibility index (Phi) is 13.7. The lowest BCUT2D eigenvalue weighted by molar-refractivity contribution is 0.0696. The largest absolute Gasteiger partial charge is 0.490 e. The van der Waals surface area contributed by atoms with Crippen molar-refractivity contribution in [2.75, 3.05) is 0 Å². The number of aryl methyl sites for hydroxylation is 1. The number of carbonyl (C=O) groups is 1. The zero-order valence-corrected chi connectivity index (χ0v) is 18.5. The molecule has 29 heavy (non-hydrogen) atoms. The van der Waals surface area contributed by atoms with Gasteiger partial charge in [-0.3, -0.25) is 0 Å². The van der Waals surface area contributed by atoms with Crippen LogP contribution in [0, 0.1) is 6.92 Å². The highest BCUT2D eigenvalue weighted by Gasteiger charge is 2.13. The zero-order valence-electron chi connectivity index (χ0n) is 18.5. The third kappa shape index (κ3) is 11.5. The highest BCUT2D eigenvalue weighted by Crippen LogP contribution is 2.23. The zero-order chi connectivity index (χ0) is 21.3. The van der Waals surface area contributed by atoms with Gasteiger partial charge < -0.3 is 9.84 Å². The number of benzene rings is 1. The average Bonchev–Trinajstić information content (AvgIpc) is 2.69. The fourth-order valence-electron chi connectivity index (χ4n) is 3.56. The van der Waals surface area contributed by atoms with E-state index in [0.717, 1.165) is 30.6 Å². The van der Waals surface area contributed by atoms with Crippen LogP contribution in [-0.2, 0) is 0 Å². The van der Waals surface area contributed by atoms with Crippen molar-refractivity contribution < 1.29 is 14.6 Å². The first-order valence-electron chi connectivity index (χ1n) is 11.4. The Bertz CT molecular complexity index is 618. The normalized spacial score (nSPS) is 12.2. The van der Waals surface area contributed by atoms with E-state index < -0.39 is 5.97 Å². The summed E-state index contributed by atoms with van der Waals surface area (Å²) in [6.07, 6.45) is 20.7. The van der Waals surface area contributed by atoms with Crippen LogP contribution in [0.5, 0.6) is 5.75 Å². The highest BCUT2D eigenvalue weighted by molar-refractivity contribution is 5.89. The molecule has 1 atom stereocenters. The molecule has 0 aliphatic rings. The van der Waals surface area contributed by atoms with Crippen molar-refractivity contribution in [3.63, 3.8) is 0 Å². The van der Waals surface area contributed by atoms with Crippen LogP contribution in [0.2, 0.25) is 0 Å². The summed E-state index contributed by atoms with van der Waals surface area (Å²) in [5.41, 5.74) is 1.10. The van der Waals surface area contributed by atoms with Gasteiger partial charge >= 0.3 is 5.97 Å². The molecule has 1 rings (SSSR count). The summed E-state index contributed by atoms with van der Waals surface area (Å²) in [5.74, 6) is -0.0906. The van der Waals surface area contributed by atoms with E-state index in [4.69, 9.17) is 4.74 Å². The molecule has 1 N–H and O–H groups in total. The molecule has 1 aromatic rings. The molecule has 3 nitrogen and oxygen atoms in total. The molecule has 0 saturated heterocycles. The summed E-state index contributed by atoms with van der Waals surface area (Å²) in [6.45, 7) is 7.75. The average molecular weight is 401 g/mol. The molecule has 1 unspecified atom stereocenters. The number of hydrogen-bond donors (Lipinski definition) is 1. The second kappa shape index (κ2) is 15.8. The minimum atomic E-state index is -0.884. The van der Waals surface area contributed by atoms with Crippen LogP contribution >= 0.6 is 0 Å². The van der Waals surface area contributed by atoms with Gasteiger partial charge in [-0.05, 0) is 69.2 Å². The molecule has 0 spiro atoms. The van der Waals surface area contributed by atoms with E-state index in [2.05, 4.69) is 19.6 Å². The molecule has 0 bridgehead atoms. The summed E-state index contributed by atoms with van der Waals surface area (Å²) >= 11 is 0. The summed E-state index contributed by atoms with van der Waals surface area (Å²) in [4.78, 5) is 11.2. The number of rotatable bonds is 17. The molecular weight excluding hydrogens is 360 g/mol. The van der Waals surface area contributed by atoms with Crippen molar-refractivity contribution >= 4 is 5.97 Å². The molecule has 3 heteroatoms. The smallest absolute Gasteiger partial charge is 0.335 e. The lowest BCUT2D eigenvalue weighted by Crippen LogP contribution is -2.17. The van der Waals surface area contributed by atoms with Crippen LogP contribution in [0.1, 0.15) is 99.9 Å². The van der Waals surface area contributed by atoms with Gasteiger partial charge in [-0.15, -0.1) is 0 Å². The summed E-state index contributed by atoms with van der Waals surface area (Å²) < 4.78 is 6.27. The number of allylic oxidation sites excluding steroid dienone is 3. The molecule has 0 aliphatic carbocycles. The van der Waals surface area contributed by atoms with Crippen molar-refractivity contribution in [2.24, 2.45) is 0 Å². The van der Waals surface area contributed by atoms with Crippen LogP contribution < -0.4 is 4.74 Å². The lowest BCUT2D eigenvalue weighted by Gasteiger charge is -2.20. The second-order valence-corrected chi connectivity index (χ2v) is 7.88. The topological polar surface area (TPSA) is 46.5 Å². The number of ether oxygens (including phenoxy) is 1. The minimum absolute atomic E-state index is 0.220. The van der Waals surface area contributed by atoms with Crippen LogP contribution in [0.4, 0.5) is 0 Å². The molecule has 0 radical (unpaired) electrons. The molecule has 0 fully saturated rings. The van der Waals surface area contributed by atoms with Gasteiger partial charge in [0.15, 0.2) is 0 Å². The maximum absolute atomic E-state index is 11.2. The maximum Gasteiger partial charge on any atom is 0.335 e. The standard InChI is InChI=1S/C26H40O3/c1-4-6-8-10-11-12-13-14-16-18-23(17-15-9-7-5-2)29-24-19-20-25(26(27)28)22(3)21-24/h4,6,8,19-21,23H,1,5,7,9-18H2,2-3H3,(H,27,28)/b8-6+. The molecular formula is C26H40O3. The van der Waals surface area contributed by atoms with Gasteiger partial charge in [0.1, 0.15) is 5.75 Å². The molecule has 0 amide bonds. The predicted octanol–water partition coefficient (Wildman–Crippen LogP) is 7.88. The first-order valence-corrected chi connectivity index (χ1v) is 11.4. The monoisotopic (exact) mass is 400 g/mol. The highest BCUT2D eigenvalue weighted by atomic mass is 16.5. The number of hydrogen-bond acceptors (Lipinski definition) is 2. The van der Waals surface area contributed by atoms with Crippen LogP contribution in [-0.4, -0.2) is 17.2 Å². The fourth-order valence-corrected chi connectivity index (χ4v) is 3.56. The first kappa shape index (κ1) is 25.0. The van der Waals surface area contributed by atoms with Gasteiger partial charge in [-0.25, -0.2) is 4.79 Å². The van der Waals surface area contributed by atoms with E-state index in [1.807, 2.05) is 25.1 Å².